The topological polar surface area (TPSA) is 66.8 Å². The van der Waals surface area contributed by atoms with E-state index < -0.39 is 12.2 Å². The second kappa shape index (κ2) is 6.13. The fourth-order valence-corrected chi connectivity index (χ4v) is 1.41. The predicted octanol–water partition coefficient (Wildman–Crippen LogP) is 0.579. The van der Waals surface area contributed by atoms with Crippen LogP contribution in [-0.4, -0.2) is 28.3 Å². The Kier molecular flexibility index (Phi) is 4.80. The maximum absolute atomic E-state index is 11.3. The highest BCUT2D eigenvalue weighted by atomic mass is 16.7. The second-order valence-electron chi connectivity index (χ2n) is 3.61. The van der Waals surface area contributed by atoms with Crippen LogP contribution in [0.25, 0.3) is 0 Å². The van der Waals surface area contributed by atoms with Gasteiger partial charge in [0.1, 0.15) is 0 Å². The first-order valence-corrected chi connectivity index (χ1v) is 5.29. The van der Waals surface area contributed by atoms with E-state index in [0.717, 1.165) is 11.5 Å². The highest BCUT2D eigenvalue weighted by Gasteiger charge is 2.32. The van der Waals surface area contributed by atoms with Crippen LogP contribution in [0.4, 0.5) is 0 Å². The summed E-state index contributed by atoms with van der Waals surface area (Å²) < 4.78 is 0. The highest BCUT2D eigenvalue weighted by Crippen LogP contribution is 2.17. The second-order valence-corrected chi connectivity index (χ2v) is 3.61. The Bertz CT molecular complexity index is 308. The van der Waals surface area contributed by atoms with Gasteiger partial charge in [-0.3, -0.25) is 4.79 Å². The summed E-state index contributed by atoms with van der Waals surface area (Å²) in [4.78, 5) is 27.2. The molecule has 0 aliphatic carbocycles. The van der Waals surface area contributed by atoms with Crippen LogP contribution >= 0.6 is 0 Å². The van der Waals surface area contributed by atoms with Crippen molar-refractivity contribution in [2.75, 3.05) is 0 Å². The maximum Gasteiger partial charge on any atom is 0.332 e. The first kappa shape index (κ1) is 12.5. The number of rotatable bonds is 5. The molecule has 1 saturated heterocycles. The summed E-state index contributed by atoms with van der Waals surface area (Å²) >= 11 is 0. The van der Waals surface area contributed by atoms with Crippen molar-refractivity contribution in [3.05, 3.63) is 0 Å². The van der Waals surface area contributed by atoms with Crippen LogP contribution in [0.3, 0.4) is 0 Å². The summed E-state index contributed by atoms with van der Waals surface area (Å²) in [5.41, 5.74) is 0. The Morgan fingerprint density at radius 2 is 2.38 bits per heavy atom. The molecule has 1 fully saturated rings. The van der Waals surface area contributed by atoms with Gasteiger partial charge in [-0.25, -0.2) is 4.79 Å². The molecule has 0 saturated carbocycles. The summed E-state index contributed by atoms with van der Waals surface area (Å²) in [7, 11) is 0. The maximum atomic E-state index is 11.3. The van der Waals surface area contributed by atoms with Gasteiger partial charge in [0.25, 0.3) is 5.91 Å². The highest BCUT2D eigenvalue weighted by molar-refractivity contribution is 5.79. The molecule has 5 heteroatoms. The SMILES string of the molecule is C#CCCCCC(=O)ON1C(=O)CCC1O. The third-order valence-electron chi connectivity index (χ3n) is 2.29. The lowest BCUT2D eigenvalue weighted by Gasteiger charge is -2.18. The molecular formula is C11H15NO4. The first-order chi connectivity index (χ1) is 7.65. The lowest BCUT2D eigenvalue weighted by molar-refractivity contribution is -0.220. The fourth-order valence-electron chi connectivity index (χ4n) is 1.41. The fraction of sp³-hybridized carbons (Fsp3) is 0.636. The normalized spacial score (nSPS) is 19.6. The molecule has 16 heavy (non-hydrogen) atoms. The van der Waals surface area contributed by atoms with E-state index in [4.69, 9.17) is 11.3 Å². The average molecular weight is 225 g/mol. The zero-order chi connectivity index (χ0) is 12.0. The van der Waals surface area contributed by atoms with Crippen molar-refractivity contribution >= 4 is 11.9 Å². The molecule has 1 aliphatic rings. The third-order valence-corrected chi connectivity index (χ3v) is 2.29. The molecule has 0 radical (unpaired) electrons. The van der Waals surface area contributed by atoms with Crippen molar-refractivity contribution in [2.24, 2.45) is 0 Å². The van der Waals surface area contributed by atoms with E-state index in [1.165, 1.54) is 0 Å². The number of unbranched alkanes of at least 4 members (excludes halogenated alkanes) is 2. The molecule has 1 aliphatic heterocycles. The van der Waals surface area contributed by atoms with Gasteiger partial charge in [0.05, 0.1) is 0 Å². The van der Waals surface area contributed by atoms with Gasteiger partial charge >= 0.3 is 5.97 Å². The number of amides is 1. The van der Waals surface area contributed by atoms with E-state index in [0.29, 0.717) is 19.3 Å². The smallest absolute Gasteiger partial charge is 0.332 e. The van der Waals surface area contributed by atoms with Crippen molar-refractivity contribution in [1.29, 1.82) is 0 Å². The number of hydrogen-bond donors (Lipinski definition) is 1. The Hall–Kier alpha value is -1.54. The number of aliphatic hydroxyl groups excluding tert-OH is 1. The van der Waals surface area contributed by atoms with E-state index in [2.05, 4.69) is 5.92 Å². The van der Waals surface area contributed by atoms with E-state index in [1.54, 1.807) is 0 Å². The van der Waals surface area contributed by atoms with E-state index in [9.17, 15) is 14.7 Å². The lowest BCUT2D eigenvalue weighted by atomic mass is 10.2. The van der Waals surface area contributed by atoms with Crippen molar-refractivity contribution in [3.8, 4) is 12.3 Å². The van der Waals surface area contributed by atoms with E-state index >= 15 is 0 Å². The van der Waals surface area contributed by atoms with Gasteiger partial charge in [0.15, 0.2) is 6.23 Å². The van der Waals surface area contributed by atoms with E-state index in [-0.39, 0.29) is 18.7 Å². The number of nitrogens with zero attached hydrogens (tertiary/aromatic N) is 1. The number of aliphatic hydroxyl groups is 1. The number of carbonyl (C=O) groups is 2. The van der Waals surface area contributed by atoms with Crippen LogP contribution in [0.15, 0.2) is 0 Å². The van der Waals surface area contributed by atoms with Crippen LogP contribution in [0, 0.1) is 12.3 Å². The van der Waals surface area contributed by atoms with Gasteiger partial charge < -0.3 is 9.94 Å². The summed E-state index contributed by atoms with van der Waals surface area (Å²) in [6.45, 7) is 0. The van der Waals surface area contributed by atoms with Gasteiger partial charge in [-0.15, -0.1) is 17.4 Å². The molecule has 1 heterocycles. The zero-order valence-electron chi connectivity index (χ0n) is 9.02. The minimum Gasteiger partial charge on any atom is -0.370 e. The summed E-state index contributed by atoms with van der Waals surface area (Å²) in [6.07, 6.45) is 6.79. The quantitative estimate of drug-likeness (QED) is 0.549. The largest absolute Gasteiger partial charge is 0.370 e. The molecule has 0 aromatic heterocycles. The van der Waals surface area contributed by atoms with Gasteiger partial charge in [-0.1, -0.05) is 0 Å². The molecule has 1 unspecified atom stereocenters. The van der Waals surface area contributed by atoms with Crippen molar-refractivity contribution in [1.82, 2.24) is 5.06 Å². The zero-order valence-corrected chi connectivity index (χ0v) is 9.02. The van der Waals surface area contributed by atoms with Crippen LogP contribution < -0.4 is 0 Å². The molecule has 88 valence electrons. The minimum atomic E-state index is -0.998. The number of hydrogen-bond acceptors (Lipinski definition) is 4. The minimum absolute atomic E-state index is 0.207. The monoisotopic (exact) mass is 225 g/mol. The molecule has 0 bridgehead atoms. The standard InChI is InChI=1S/C11H15NO4/c1-2-3-4-5-6-11(15)16-12-9(13)7-8-10(12)14/h1,9,13H,3-8H2. The van der Waals surface area contributed by atoms with Gasteiger partial charge in [-0.2, -0.15) is 0 Å². The van der Waals surface area contributed by atoms with Crippen LogP contribution in [0.2, 0.25) is 0 Å². The van der Waals surface area contributed by atoms with Crippen molar-refractivity contribution in [3.63, 3.8) is 0 Å². The molecule has 1 rings (SSSR count). The summed E-state index contributed by atoms with van der Waals surface area (Å²) in [5, 5.41) is 10.1. The van der Waals surface area contributed by atoms with Crippen molar-refractivity contribution < 1.29 is 19.5 Å². The van der Waals surface area contributed by atoms with Crippen molar-refractivity contribution in [2.45, 2.75) is 44.8 Å². The Morgan fingerprint density at radius 1 is 1.62 bits per heavy atom. The molecular weight excluding hydrogens is 210 g/mol. The van der Waals surface area contributed by atoms with Gasteiger partial charge in [-0.05, 0) is 12.8 Å². The first-order valence-electron chi connectivity index (χ1n) is 5.29. The predicted molar refractivity (Wildman–Crippen MR) is 55.5 cm³/mol. The number of hydroxylamine groups is 2. The van der Waals surface area contributed by atoms with Crippen LogP contribution in [0.5, 0.6) is 0 Å². The molecule has 1 N–H and O–H groups in total. The lowest BCUT2D eigenvalue weighted by Crippen LogP contribution is -2.35. The third kappa shape index (κ3) is 3.55. The van der Waals surface area contributed by atoms with Gasteiger partial charge in [0.2, 0.25) is 0 Å². The van der Waals surface area contributed by atoms with Gasteiger partial charge in [0, 0.05) is 25.7 Å². The molecule has 0 spiro atoms. The summed E-state index contributed by atoms with van der Waals surface area (Å²) in [6, 6.07) is 0. The van der Waals surface area contributed by atoms with E-state index in [1.807, 2.05) is 0 Å². The number of terminal acetylenes is 1. The molecule has 0 aromatic rings. The molecule has 5 nitrogen and oxygen atoms in total. The number of carbonyl (C=O) groups excluding carboxylic acids is 2. The Labute approximate surface area is 94.3 Å². The molecule has 1 atom stereocenters. The van der Waals surface area contributed by atoms with Crippen LogP contribution in [0.1, 0.15) is 38.5 Å². The Balaban J connectivity index is 2.23. The van der Waals surface area contributed by atoms with Crippen LogP contribution in [-0.2, 0) is 14.4 Å². The Morgan fingerprint density at radius 3 is 2.94 bits per heavy atom. The summed E-state index contributed by atoms with van der Waals surface area (Å²) in [5.74, 6) is 1.61. The molecule has 0 aromatic carbocycles. The average Bonchev–Trinajstić information content (AvgIpc) is 2.56. The molecule has 1 amide bonds.